The molecule has 0 aliphatic carbocycles. The van der Waals surface area contributed by atoms with Crippen LogP contribution in [-0.4, -0.2) is 32.9 Å². The van der Waals surface area contributed by atoms with E-state index in [4.69, 9.17) is 36.7 Å². The maximum atomic E-state index is 12.0. The number of nitrogens with zero attached hydrogens (tertiary/aromatic N) is 2. The van der Waals surface area contributed by atoms with Gasteiger partial charge in [0.15, 0.2) is 6.03 Å². The van der Waals surface area contributed by atoms with Crippen LogP contribution >= 0.6 is 0 Å². The van der Waals surface area contributed by atoms with Crippen molar-refractivity contribution in [3.63, 3.8) is 0 Å². The van der Waals surface area contributed by atoms with Crippen molar-refractivity contribution in [2.75, 3.05) is 6.54 Å². The smallest absolute Gasteiger partial charge is 0.347 e. The third-order valence-electron chi connectivity index (χ3n) is 1.03. The van der Waals surface area contributed by atoms with Gasteiger partial charge in [0.1, 0.15) is 0 Å². The summed E-state index contributed by atoms with van der Waals surface area (Å²) in [5, 5.41) is 24.8. The average Bonchev–Trinajstić information content (AvgIpc) is 2.45. The van der Waals surface area contributed by atoms with Crippen molar-refractivity contribution < 1.29 is 40.6 Å². The van der Waals surface area contributed by atoms with Crippen LogP contribution in [0, 0.1) is 22.9 Å². The monoisotopic (exact) mass is 503 g/mol. The van der Waals surface area contributed by atoms with E-state index < -0.39 is 23.4 Å². The molecule has 0 aliphatic rings. The van der Waals surface area contributed by atoms with Crippen molar-refractivity contribution in [1.29, 1.82) is 0 Å². The molecule has 1 aromatic heterocycles. The topological polar surface area (TPSA) is 215 Å². The van der Waals surface area contributed by atoms with Crippen LogP contribution in [0.1, 0.15) is 6.42 Å². The van der Waals surface area contributed by atoms with Gasteiger partial charge in [-0.2, -0.15) is 15.9 Å². The van der Waals surface area contributed by atoms with Crippen molar-refractivity contribution in [3.8, 4) is 5.88 Å². The van der Waals surface area contributed by atoms with Gasteiger partial charge in [0.05, 0.1) is 6.20 Å². The van der Waals surface area contributed by atoms with Crippen LogP contribution in [-0.2, 0) is 21.1 Å². The predicted molar refractivity (Wildman–Crippen MR) is 69.4 cm³/mol. The number of carbonyl (C=O) groups is 1. The number of urea groups is 1. The number of H-pyrrole nitrogens is 1. The maximum absolute atomic E-state index is 12.0. The number of nitrogens with one attached hydrogen (secondary N) is 4. The second-order valence-corrected chi connectivity index (χ2v) is 2.50. The van der Waals surface area contributed by atoms with E-state index in [1.165, 1.54) is 0 Å². The third kappa shape index (κ3) is 26.5. The van der Waals surface area contributed by atoms with E-state index in [1.54, 1.807) is 4.98 Å². The Hall–Kier alpha value is -2.11. The van der Waals surface area contributed by atoms with Gasteiger partial charge in [0.25, 0.3) is 0 Å². The number of hydroxylamine groups is 1. The normalized spacial score (nSPS) is 7.27. The fourth-order valence-electron chi connectivity index (χ4n) is 0.370. The molecule has 0 atom stereocenters. The number of hydrogen-bond acceptors (Lipinski definition) is 8. The van der Waals surface area contributed by atoms with Gasteiger partial charge in [0.2, 0.25) is 11.7 Å². The van der Waals surface area contributed by atoms with E-state index in [-0.39, 0.29) is 21.1 Å². The van der Waals surface area contributed by atoms with Gasteiger partial charge < -0.3 is 44.3 Å². The molecule has 12 nitrogen and oxygen atoms in total. The molecule has 132 valence electrons. The van der Waals surface area contributed by atoms with Crippen LogP contribution in [0.3, 0.4) is 0 Å². The number of rotatable bonds is 1. The van der Waals surface area contributed by atoms with Crippen LogP contribution in [0.15, 0.2) is 16.3 Å². The van der Waals surface area contributed by atoms with E-state index in [1.807, 2.05) is 0 Å². The molecule has 0 saturated heterocycles. The molecule has 0 spiro atoms. The molecule has 6 N–H and O–H groups in total. The molecule has 1 heterocycles. The van der Waals surface area contributed by atoms with E-state index in [2.05, 4.69) is 11.9 Å². The van der Waals surface area contributed by atoms with Gasteiger partial charge in [-0.3, -0.25) is 9.78 Å². The van der Waals surface area contributed by atoms with E-state index in [0.717, 1.165) is 17.2 Å². The third-order valence-corrected chi connectivity index (χ3v) is 1.03. The van der Waals surface area contributed by atoms with E-state index in [0.29, 0.717) is 12.7 Å². The van der Waals surface area contributed by atoms with Gasteiger partial charge in [-0.05, 0) is 0 Å². The molecule has 0 bridgehead atoms. The molecule has 0 aromatic carbocycles. The fraction of sp³-hybridized carbons (Fsp3) is 0.250. The molecule has 1 aromatic rings. The molecule has 0 aliphatic heterocycles. The van der Waals surface area contributed by atoms with Crippen molar-refractivity contribution in [2.24, 2.45) is 5.34 Å². The largest absolute Gasteiger partial charge is 0.679 e. The van der Waals surface area contributed by atoms with Gasteiger partial charge in [-0.15, -0.1) is 5.34 Å². The first kappa shape index (κ1) is 28.1. The summed E-state index contributed by atoms with van der Waals surface area (Å²) in [4.78, 5) is 32.0. The van der Waals surface area contributed by atoms with Gasteiger partial charge in [-0.25, -0.2) is 11.2 Å². The molecule has 0 radical (unpaired) electrons. The van der Waals surface area contributed by atoms with Crippen LogP contribution < -0.4 is 11.2 Å². The van der Waals surface area contributed by atoms with Crippen molar-refractivity contribution in [2.45, 2.75) is 6.42 Å². The average molecular weight is 503 g/mol. The Morgan fingerprint density at radius 3 is 2.18 bits per heavy atom. The molecule has 0 saturated carbocycles. The number of carbonyl (C=O) groups excluding carboxylic acids is 1. The minimum Gasteiger partial charge on any atom is -0.679 e. The number of aromatic hydroxyl groups is 1. The summed E-state index contributed by atoms with van der Waals surface area (Å²) in [5.41, 5.74) is 12.5. The minimum atomic E-state index is -1.19. The van der Waals surface area contributed by atoms with E-state index >= 15 is 0 Å². The Bertz CT molecular complexity index is 445. The zero-order chi connectivity index (χ0) is 17.3. The number of aromatic amines is 1. The van der Waals surface area contributed by atoms with Crippen molar-refractivity contribution in [1.82, 2.24) is 15.4 Å². The van der Waals surface area contributed by atoms with Crippen LogP contribution in [0.25, 0.3) is 11.5 Å². The van der Waals surface area contributed by atoms with Gasteiger partial charge >= 0.3 is 5.69 Å². The van der Waals surface area contributed by atoms with Crippen LogP contribution in [0.5, 0.6) is 5.88 Å². The number of amides is 2. The first-order chi connectivity index (χ1) is 9.80. The van der Waals surface area contributed by atoms with E-state index in [9.17, 15) is 9.18 Å². The quantitative estimate of drug-likeness (QED) is 0.190. The second-order valence-electron chi connectivity index (χ2n) is 2.50. The van der Waals surface area contributed by atoms with Gasteiger partial charge in [0, 0.05) is 21.1 Å². The second kappa shape index (κ2) is 21.2. The van der Waals surface area contributed by atoms with Gasteiger partial charge in [-0.1, -0.05) is 0 Å². The summed E-state index contributed by atoms with van der Waals surface area (Å²) in [6.07, 6.45) is 1.38. The molecular weight excluding hydrogens is 490 g/mol. The Kier molecular flexibility index (Phi) is 27.1. The molecule has 2 amide bonds. The SMILES string of the molecule is O=N[O-].O=c1ncc(F)c(O)[nH]1.[CH2-]CC[NH-].[NH-]C(=O)NO.[Pt]. The minimum absolute atomic E-state index is 0. The predicted octanol–water partition coefficient (Wildman–Crippen LogP) is 1.26. The Morgan fingerprint density at radius 1 is 1.64 bits per heavy atom. The Balaban J connectivity index is -0.000000108. The summed E-state index contributed by atoms with van der Waals surface area (Å²) in [6, 6.07) is -1.19. The number of aromatic nitrogens is 2. The first-order valence-electron chi connectivity index (χ1n) is 4.78. The molecular formula is C8H13FN6O6Pt-4. The maximum Gasteiger partial charge on any atom is 0.347 e. The Morgan fingerprint density at radius 2 is 2.00 bits per heavy atom. The zero-order valence-corrected chi connectivity index (χ0v) is 13.1. The van der Waals surface area contributed by atoms with Crippen molar-refractivity contribution >= 4 is 6.03 Å². The fourth-order valence-corrected chi connectivity index (χ4v) is 0.370. The molecule has 14 heteroatoms. The summed E-state index contributed by atoms with van der Waals surface area (Å²) in [6.45, 7) is 3.88. The summed E-state index contributed by atoms with van der Waals surface area (Å²) >= 11 is 0. The summed E-state index contributed by atoms with van der Waals surface area (Å²) in [7, 11) is 0. The molecule has 1 rings (SSSR count). The number of halogens is 1. The number of hydrogen-bond donors (Lipinski definition) is 4. The van der Waals surface area contributed by atoms with Crippen LogP contribution in [0.4, 0.5) is 9.18 Å². The zero-order valence-electron chi connectivity index (χ0n) is 10.8. The van der Waals surface area contributed by atoms with Crippen molar-refractivity contribution in [3.05, 3.63) is 51.0 Å². The molecule has 0 unspecified atom stereocenters. The molecule has 22 heavy (non-hydrogen) atoms. The molecule has 0 fully saturated rings. The first-order valence-corrected chi connectivity index (χ1v) is 4.78. The standard InChI is InChI=1S/C4H3FN2O2.C3H7N.CH4N2O2.HNO2.Pt/c5-2-1-6-4(9)7-3(2)8;1-2-3-4;2-1(4)3-5;2-1-3;/h1H,(H2,6,7,8,9);4H,1-3H2;(H4,2,3,4,5);(H,2,3);/q;-2;;;/p-2. The van der Waals surface area contributed by atoms with Crippen LogP contribution in [0.2, 0.25) is 0 Å². The summed E-state index contributed by atoms with van der Waals surface area (Å²) in [5.74, 6) is -1.72. The Labute approximate surface area is 137 Å². The summed E-state index contributed by atoms with van der Waals surface area (Å²) < 4.78 is 12.0.